The molecule has 1 aromatic rings. The maximum absolute atomic E-state index is 11.8. The Kier molecular flexibility index (Phi) is 9.80. The summed E-state index contributed by atoms with van der Waals surface area (Å²) in [4.78, 5) is 13.5. The topological polar surface area (TPSA) is 50.8 Å². The molecule has 0 radical (unpaired) electrons. The van der Waals surface area contributed by atoms with Crippen molar-refractivity contribution >= 4 is 18.3 Å². The molecule has 1 amide bonds. The molecule has 0 aliphatic carbocycles. The number of methoxy groups -OCH3 is 2. The molecular weight excluding hydrogens is 280 g/mol. The number of likely N-dealkylation sites (N-methyl/N-ethyl adjacent to an activating group) is 1. The maximum Gasteiger partial charge on any atom is 0.236 e. The number of halogens is 1. The van der Waals surface area contributed by atoms with Crippen molar-refractivity contribution in [2.24, 2.45) is 0 Å². The van der Waals surface area contributed by atoms with Crippen LogP contribution in [0.4, 0.5) is 0 Å². The molecule has 0 aliphatic heterocycles. The minimum Gasteiger partial charge on any atom is -0.497 e. The lowest BCUT2D eigenvalue weighted by Gasteiger charge is -2.17. The summed E-state index contributed by atoms with van der Waals surface area (Å²) in [6.07, 6.45) is 0. The van der Waals surface area contributed by atoms with Crippen molar-refractivity contribution in [1.82, 2.24) is 10.2 Å². The minimum absolute atomic E-state index is 0. The highest BCUT2D eigenvalue weighted by Gasteiger charge is 2.08. The SMILES string of the molecule is COCCNCC(=O)N(C)Cc1ccc(OC)cc1.Cl. The van der Waals surface area contributed by atoms with Gasteiger partial charge < -0.3 is 19.7 Å². The van der Waals surface area contributed by atoms with Crippen LogP contribution in [0.5, 0.6) is 5.75 Å². The van der Waals surface area contributed by atoms with Gasteiger partial charge in [-0.2, -0.15) is 0 Å². The van der Waals surface area contributed by atoms with Crippen LogP contribution in [0.25, 0.3) is 0 Å². The van der Waals surface area contributed by atoms with Crippen molar-refractivity contribution in [3.63, 3.8) is 0 Å². The van der Waals surface area contributed by atoms with E-state index in [1.54, 1.807) is 26.2 Å². The Hall–Kier alpha value is -1.30. The van der Waals surface area contributed by atoms with E-state index < -0.39 is 0 Å². The van der Waals surface area contributed by atoms with Crippen LogP contribution in [-0.4, -0.2) is 51.8 Å². The molecule has 0 spiro atoms. The van der Waals surface area contributed by atoms with Gasteiger partial charge in [0.05, 0.1) is 20.3 Å². The van der Waals surface area contributed by atoms with E-state index >= 15 is 0 Å². The number of nitrogens with zero attached hydrogens (tertiary/aromatic N) is 1. The van der Waals surface area contributed by atoms with E-state index in [9.17, 15) is 4.79 Å². The number of rotatable bonds is 8. The number of nitrogens with one attached hydrogen (secondary N) is 1. The third-order valence-electron chi connectivity index (χ3n) is 2.76. The molecule has 0 unspecified atom stereocenters. The predicted octanol–water partition coefficient (Wildman–Crippen LogP) is 1.31. The maximum atomic E-state index is 11.8. The summed E-state index contributed by atoms with van der Waals surface area (Å²) in [6, 6.07) is 7.71. The summed E-state index contributed by atoms with van der Waals surface area (Å²) in [5, 5.41) is 3.03. The minimum atomic E-state index is 0. The van der Waals surface area contributed by atoms with E-state index in [1.165, 1.54) is 0 Å². The smallest absolute Gasteiger partial charge is 0.236 e. The molecule has 1 N–H and O–H groups in total. The van der Waals surface area contributed by atoms with Crippen LogP contribution < -0.4 is 10.1 Å². The molecule has 0 bridgehead atoms. The fraction of sp³-hybridized carbons (Fsp3) is 0.500. The van der Waals surface area contributed by atoms with E-state index in [0.29, 0.717) is 26.2 Å². The molecule has 0 atom stereocenters. The first-order valence-electron chi connectivity index (χ1n) is 6.24. The number of amides is 1. The third kappa shape index (κ3) is 6.75. The first-order valence-corrected chi connectivity index (χ1v) is 6.24. The number of carbonyl (C=O) groups excluding carboxylic acids is 1. The molecule has 6 heteroatoms. The van der Waals surface area contributed by atoms with Crippen LogP contribution in [0.1, 0.15) is 5.56 Å². The second-order valence-electron chi connectivity index (χ2n) is 4.27. The molecule has 0 heterocycles. The molecular formula is C14H23ClN2O3. The normalized spacial score (nSPS) is 9.75. The van der Waals surface area contributed by atoms with Crippen LogP contribution in [0.2, 0.25) is 0 Å². The quantitative estimate of drug-likeness (QED) is 0.736. The summed E-state index contributed by atoms with van der Waals surface area (Å²) in [6.45, 7) is 2.21. The zero-order valence-corrected chi connectivity index (χ0v) is 13.0. The van der Waals surface area contributed by atoms with Crippen molar-refractivity contribution in [2.75, 3.05) is 41.0 Å². The number of ether oxygens (including phenoxy) is 2. The zero-order valence-electron chi connectivity index (χ0n) is 12.2. The highest BCUT2D eigenvalue weighted by molar-refractivity contribution is 5.85. The first kappa shape index (κ1) is 18.7. The highest BCUT2D eigenvalue weighted by atomic mass is 35.5. The lowest BCUT2D eigenvalue weighted by Crippen LogP contribution is -2.36. The van der Waals surface area contributed by atoms with E-state index in [2.05, 4.69) is 5.32 Å². The van der Waals surface area contributed by atoms with Crippen molar-refractivity contribution in [2.45, 2.75) is 6.54 Å². The molecule has 0 saturated carbocycles. The van der Waals surface area contributed by atoms with Crippen LogP contribution in [-0.2, 0) is 16.1 Å². The van der Waals surface area contributed by atoms with E-state index in [-0.39, 0.29) is 18.3 Å². The Balaban J connectivity index is 0.00000361. The van der Waals surface area contributed by atoms with Gasteiger partial charge in [-0.25, -0.2) is 0 Å². The van der Waals surface area contributed by atoms with Crippen molar-refractivity contribution in [1.29, 1.82) is 0 Å². The van der Waals surface area contributed by atoms with Gasteiger partial charge in [0, 0.05) is 27.2 Å². The first-order chi connectivity index (χ1) is 9.17. The van der Waals surface area contributed by atoms with Crippen LogP contribution in [0.15, 0.2) is 24.3 Å². The van der Waals surface area contributed by atoms with Gasteiger partial charge in [-0.05, 0) is 17.7 Å². The van der Waals surface area contributed by atoms with Gasteiger partial charge in [0.15, 0.2) is 0 Å². The van der Waals surface area contributed by atoms with Gasteiger partial charge in [0.1, 0.15) is 5.75 Å². The van der Waals surface area contributed by atoms with E-state index in [4.69, 9.17) is 9.47 Å². The Bertz CT molecular complexity index is 385. The summed E-state index contributed by atoms with van der Waals surface area (Å²) >= 11 is 0. The van der Waals surface area contributed by atoms with E-state index in [1.807, 2.05) is 24.3 Å². The standard InChI is InChI=1S/C14H22N2O3.ClH/c1-16(14(17)10-15-8-9-18-2)11-12-4-6-13(19-3)7-5-12;/h4-7,15H,8-11H2,1-3H3;1H. The Morgan fingerprint density at radius 3 is 2.45 bits per heavy atom. The predicted molar refractivity (Wildman–Crippen MR) is 81.5 cm³/mol. The van der Waals surface area contributed by atoms with Crippen molar-refractivity contribution < 1.29 is 14.3 Å². The average molecular weight is 303 g/mol. The van der Waals surface area contributed by atoms with Crippen LogP contribution in [0, 0.1) is 0 Å². The average Bonchev–Trinajstić information content (AvgIpc) is 2.44. The molecule has 1 rings (SSSR count). The Labute approximate surface area is 126 Å². The molecule has 0 fully saturated rings. The van der Waals surface area contributed by atoms with Crippen LogP contribution >= 0.6 is 12.4 Å². The molecule has 1 aromatic carbocycles. The van der Waals surface area contributed by atoms with Gasteiger partial charge in [0.2, 0.25) is 5.91 Å². The summed E-state index contributed by atoms with van der Waals surface area (Å²) in [5.41, 5.74) is 1.08. The third-order valence-corrected chi connectivity index (χ3v) is 2.76. The van der Waals surface area contributed by atoms with Crippen LogP contribution in [0.3, 0.4) is 0 Å². The number of benzene rings is 1. The summed E-state index contributed by atoms with van der Waals surface area (Å²) < 4.78 is 10.00. The molecule has 5 nitrogen and oxygen atoms in total. The van der Waals surface area contributed by atoms with Gasteiger partial charge >= 0.3 is 0 Å². The Morgan fingerprint density at radius 2 is 1.90 bits per heavy atom. The molecule has 0 aliphatic rings. The second-order valence-corrected chi connectivity index (χ2v) is 4.27. The Morgan fingerprint density at radius 1 is 1.25 bits per heavy atom. The monoisotopic (exact) mass is 302 g/mol. The van der Waals surface area contributed by atoms with Crippen molar-refractivity contribution in [3.05, 3.63) is 29.8 Å². The summed E-state index contributed by atoms with van der Waals surface area (Å²) in [7, 11) is 5.07. The lowest BCUT2D eigenvalue weighted by atomic mass is 10.2. The summed E-state index contributed by atoms with van der Waals surface area (Å²) in [5.74, 6) is 0.880. The van der Waals surface area contributed by atoms with Gasteiger partial charge in [-0.3, -0.25) is 4.79 Å². The van der Waals surface area contributed by atoms with Gasteiger partial charge in [-0.1, -0.05) is 12.1 Å². The largest absolute Gasteiger partial charge is 0.497 e. The van der Waals surface area contributed by atoms with Crippen molar-refractivity contribution in [3.8, 4) is 5.75 Å². The van der Waals surface area contributed by atoms with E-state index in [0.717, 1.165) is 11.3 Å². The second kappa shape index (κ2) is 10.5. The molecule has 0 aromatic heterocycles. The number of hydrogen-bond acceptors (Lipinski definition) is 4. The molecule has 0 saturated heterocycles. The molecule has 114 valence electrons. The van der Waals surface area contributed by atoms with Gasteiger partial charge in [-0.15, -0.1) is 12.4 Å². The number of carbonyl (C=O) groups is 1. The highest BCUT2D eigenvalue weighted by Crippen LogP contribution is 2.12. The fourth-order valence-corrected chi connectivity index (χ4v) is 1.60. The zero-order chi connectivity index (χ0) is 14.1. The lowest BCUT2D eigenvalue weighted by molar-refractivity contribution is -0.129. The fourth-order valence-electron chi connectivity index (χ4n) is 1.60. The number of hydrogen-bond donors (Lipinski definition) is 1. The van der Waals surface area contributed by atoms with Gasteiger partial charge in [0.25, 0.3) is 0 Å². The molecule has 20 heavy (non-hydrogen) atoms.